The second-order valence-corrected chi connectivity index (χ2v) is 7.47. The van der Waals surface area contributed by atoms with Gasteiger partial charge in [-0.2, -0.15) is 0 Å². The average Bonchev–Trinajstić information content (AvgIpc) is 3.17. The van der Waals surface area contributed by atoms with E-state index in [9.17, 15) is 4.79 Å². The molecule has 5 nitrogen and oxygen atoms in total. The third kappa shape index (κ3) is 3.87. The summed E-state index contributed by atoms with van der Waals surface area (Å²) in [6.07, 6.45) is 2.48. The molecule has 2 aromatic carbocycles. The molecule has 1 amide bonds. The molecule has 0 bridgehead atoms. The number of para-hydroxylation sites is 1. The maximum atomic E-state index is 13.1. The number of nitrogens with zero attached hydrogens (tertiary/aromatic N) is 2. The molecule has 2 N–H and O–H groups in total. The van der Waals surface area contributed by atoms with Crippen molar-refractivity contribution in [2.45, 2.75) is 19.4 Å². The molecule has 4 aromatic rings. The first-order valence-corrected chi connectivity index (χ1v) is 9.97. The number of thiophene rings is 1. The first kappa shape index (κ1) is 18.1. The molecule has 140 valence electrons. The van der Waals surface area contributed by atoms with Gasteiger partial charge in [0.25, 0.3) is 5.91 Å². The van der Waals surface area contributed by atoms with Crippen LogP contribution in [-0.2, 0) is 11.2 Å². The van der Waals surface area contributed by atoms with Gasteiger partial charge in [-0.15, -0.1) is 11.3 Å². The smallest absolute Gasteiger partial charge is 0.251 e. The minimum absolute atomic E-state index is 0.143. The van der Waals surface area contributed by atoms with Crippen LogP contribution in [0.2, 0.25) is 0 Å². The van der Waals surface area contributed by atoms with E-state index in [1.807, 2.05) is 60.7 Å². The highest BCUT2D eigenvalue weighted by Gasteiger charge is 2.22. The summed E-state index contributed by atoms with van der Waals surface area (Å²) >= 11 is 1.65. The van der Waals surface area contributed by atoms with Crippen LogP contribution in [0.15, 0.2) is 73.1 Å². The lowest BCUT2D eigenvalue weighted by atomic mass is 10.1. The number of benzene rings is 2. The van der Waals surface area contributed by atoms with Gasteiger partial charge in [-0.3, -0.25) is 4.79 Å². The minimum Gasteiger partial charge on any atom is -0.354 e. The molecule has 28 heavy (non-hydrogen) atoms. The summed E-state index contributed by atoms with van der Waals surface area (Å²) in [6, 6.07) is 20.6. The van der Waals surface area contributed by atoms with Crippen molar-refractivity contribution in [2.75, 3.05) is 10.6 Å². The van der Waals surface area contributed by atoms with Gasteiger partial charge in [0.2, 0.25) is 0 Å². The first-order valence-electron chi connectivity index (χ1n) is 9.15. The fraction of sp³-hybridized carbons (Fsp3) is 0.136. The number of carbonyl (C=O) groups excluding carboxylic acids is 1. The fourth-order valence-corrected chi connectivity index (χ4v) is 3.95. The predicted octanol–water partition coefficient (Wildman–Crippen LogP) is 5.05. The number of hydrogen-bond acceptors (Lipinski definition) is 5. The number of nitrogens with one attached hydrogen (secondary N) is 2. The van der Waals surface area contributed by atoms with Crippen LogP contribution >= 0.6 is 11.3 Å². The fourth-order valence-electron chi connectivity index (χ4n) is 3.01. The molecule has 0 saturated carbocycles. The van der Waals surface area contributed by atoms with E-state index in [1.54, 1.807) is 11.3 Å². The Morgan fingerprint density at radius 3 is 2.46 bits per heavy atom. The summed E-state index contributed by atoms with van der Waals surface area (Å²) in [7, 11) is 0. The zero-order valence-corrected chi connectivity index (χ0v) is 16.2. The summed E-state index contributed by atoms with van der Waals surface area (Å²) < 4.78 is 0. The topological polar surface area (TPSA) is 66.9 Å². The van der Waals surface area contributed by atoms with Gasteiger partial charge < -0.3 is 10.6 Å². The average molecular weight is 388 g/mol. The van der Waals surface area contributed by atoms with Crippen molar-refractivity contribution in [1.82, 2.24) is 9.97 Å². The molecule has 0 spiro atoms. The number of fused-ring (bicyclic) bond motifs is 1. The Labute approximate surface area is 167 Å². The van der Waals surface area contributed by atoms with Crippen molar-refractivity contribution in [3.63, 3.8) is 0 Å². The third-order valence-corrected chi connectivity index (χ3v) is 5.63. The Bertz CT molecular complexity index is 1080. The Morgan fingerprint density at radius 1 is 1.04 bits per heavy atom. The number of carbonyl (C=O) groups is 1. The molecule has 1 unspecified atom stereocenters. The second kappa shape index (κ2) is 8.19. The van der Waals surface area contributed by atoms with Crippen LogP contribution < -0.4 is 10.6 Å². The van der Waals surface area contributed by atoms with Crippen molar-refractivity contribution in [3.8, 4) is 0 Å². The van der Waals surface area contributed by atoms with Crippen molar-refractivity contribution in [3.05, 3.63) is 83.5 Å². The number of amides is 1. The number of anilines is 2. The number of aromatic nitrogens is 2. The molecule has 4 rings (SSSR count). The lowest BCUT2D eigenvalue weighted by molar-refractivity contribution is -0.117. The lowest BCUT2D eigenvalue weighted by Gasteiger charge is -2.20. The van der Waals surface area contributed by atoms with Crippen LogP contribution in [0.5, 0.6) is 0 Å². The molecule has 2 aromatic heterocycles. The molecule has 0 aliphatic heterocycles. The van der Waals surface area contributed by atoms with E-state index >= 15 is 0 Å². The van der Waals surface area contributed by atoms with Crippen LogP contribution in [0.25, 0.3) is 10.2 Å². The molecule has 1 atom stereocenters. The largest absolute Gasteiger partial charge is 0.354 e. The molecule has 0 aliphatic carbocycles. The van der Waals surface area contributed by atoms with Gasteiger partial charge in [0.15, 0.2) is 0 Å². The van der Waals surface area contributed by atoms with Gasteiger partial charge in [0.1, 0.15) is 23.0 Å². The maximum absolute atomic E-state index is 13.1. The van der Waals surface area contributed by atoms with E-state index in [1.165, 1.54) is 11.2 Å². The molecule has 0 fully saturated rings. The zero-order chi connectivity index (χ0) is 19.3. The van der Waals surface area contributed by atoms with E-state index in [2.05, 4.69) is 33.6 Å². The molecule has 0 radical (unpaired) electrons. The van der Waals surface area contributed by atoms with Crippen molar-refractivity contribution < 1.29 is 4.79 Å². The molecule has 2 heterocycles. The van der Waals surface area contributed by atoms with Crippen LogP contribution in [0.3, 0.4) is 0 Å². The van der Waals surface area contributed by atoms with Gasteiger partial charge >= 0.3 is 0 Å². The van der Waals surface area contributed by atoms with Crippen molar-refractivity contribution >= 4 is 39.0 Å². The number of aryl methyl sites for hydroxylation is 1. The Balaban J connectivity index is 1.68. The first-order chi connectivity index (χ1) is 13.7. The normalized spacial score (nSPS) is 11.9. The molecule has 0 saturated heterocycles. The summed E-state index contributed by atoms with van der Waals surface area (Å²) in [4.78, 5) is 24.0. The zero-order valence-electron chi connectivity index (χ0n) is 15.4. The monoisotopic (exact) mass is 388 g/mol. The van der Waals surface area contributed by atoms with Crippen LogP contribution in [0.4, 0.5) is 11.5 Å². The summed E-state index contributed by atoms with van der Waals surface area (Å²) in [6.45, 7) is 2.12. The van der Waals surface area contributed by atoms with E-state index in [0.29, 0.717) is 5.82 Å². The summed E-state index contributed by atoms with van der Waals surface area (Å²) in [5.74, 6) is 0.521. The molecular formula is C22H20N4OS. The Hall–Kier alpha value is -3.25. The van der Waals surface area contributed by atoms with E-state index in [4.69, 9.17) is 0 Å². The van der Waals surface area contributed by atoms with E-state index in [0.717, 1.165) is 27.9 Å². The molecule has 0 aliphatic rings. The standard InChI is InChI=1S/C22H20N4OS/c1-2-17-13-18-20(23-14-24-22(18)28-17)26-19(15-9-5-3-6-10-15)21(27)25-16-11-7-4-8-12-16/h3-14,19H,2H2,1H3,(H,25,27)(H,23,24,26). The van der Waals surface area contributed by atoms with E-state index < -0.39 is 6.04 Å². The number of hydrogen-bond donors (Lipinski definition) is 2. The summed E-state index contributed by atoms with van der Waals surface area (Å²) in [5.41, 5.74) is 1.63. The second-order valence-electron chi connectivity index (χ2n) is 6.35. The van der Waals surface area contributed by atoms with Gasteiger partial charge in [-0.1, -0.05) is 55.5 Å². The SMILES string of the molecule is CCc1cc2c(NC(C(=O)Nc3ccccc3)c3ccccc3)ncnc2s1. The predicted molar refractivity (Wildman–Crippen MR) is 115 cm³/mol. The maximum Gasteiger partial charge on any atom is 0.251 e. The van der Waals surface area contributed by atoms with Crippen molar-refractivity contribution in [2.24, 2.45) is 0 Å². The van der Waals surface area contributed by atoms with Gasteiger partial charge in [-0.05, 0) is 30.2 Å². The highest BCUT2D eigenvalue weighted by molar-refractivity contribution is 7.18. The van der Waals surface area contributed by atoms with Gasteiger partial charge in [0, 0.05) is 10.6 Å². The lowest BCUT2D eigenvalue weighted by Crippen LogP contribution is -2.27. The van der Waals surface area contributed by atoms with Crippen LogP contribution in [0, 0.1) is 0 Å². The van der Waals surface area contributed by atoms with Crippen LogP contribution in [0.1, 0.15) is 23.4 Å². The van der Waals surface area contributed by atoms with E-state index in [-0.39, 0.29) is 5.91 Å². The van der Waals surface area contributed by atoms with Gasteiger partial charge in [0.05, 0.1) is 5.39 Å². The number of rotatable bonds is 6. The minimum atomic E-state index is -0.579. The molecular weight excluding hydrogens is 368 g/mol. The molecule has 6 heteroatoms. The highest BCUT2D eigenvalue weighted by atomic mass is 32.1. The Morgan fingerprint density at radius 2 is 1.75 bits per heavy atom. The third-order valence-electron chi connectivity index (χ3n) is 4.45. The van der Waals surface area contributed by atoms with Gasteiger partial charge in [-0.25, -0.2) is 9.97 Å². The highest BCUT2D eigenvalue weighted by Crippen LogP contribution is 2.31. The summed E-state index contributed by atoms with van der Waals surface area (Å²) in [5, 5.41) is 7.26. The quantitative estimate of drug-likeness (QED) is 0.485. The van der Waals surface area contributed by atoms with Crippen LogP contribution in [-0.4, -0.2) is 15.9 Å². The van der Waals surface area contributed by atoms with Crippen molar-refractivity contribution in [1.29, 1.82) is 0 Å². The Kier molecular flexibility index (Phi) is 5.30.